The van der Waals surface area contributed by atoms with E-state index in [2.05, 4.69) is 5.32 Å². The number of carboxylic acid groups (broad SMARTS) is 1. The van der Waals surface area contributed by atoms with Gasteiger partial charge >= 0.3 is 5.97 Å². The monoisotopic (exact) mass is 303 g/mol. The number of nitrogens with one attached hydrogen (secondary N) is 1. The van der Waals surface area contributed by atoms with Crippen molar-refractivity contribution >= 4 is 29.6 Å². The van der Waals surface area contributed by atoms with Crippen LogP contribution >= 0.6 is 11.8 Å². The van der Waals surface area contributed by atoms with E-state index in [4.69, 9.17) is 5.11 Å². The summed E-state index contributed by atoms with van der Waals surface area (Å²) >= 11 is 1.11. The van der Waals surface area contributed by atoms with Gasteiger partial charge < -0.3 is 10.4 Å². The van der Waals surface area contributed by atoms with Crippen molar-refractivity contribution in [2.24, 2.45) is 0 Å². The molecule has 0 radical (unpaired) electrons. The molecule has 1 heterocycles. The Bertz CT molecular complexity index is 714. The first kappa shape index (κ1) is 15.1. The maximum atomic E-state index is 12.2. The van der Waals surface area contributed by atoms with Crippen LogP contribution in [-0.2, 0) is 9.59 Å². The molecule has 0 unspecified atom stereocenters. The van der Waals surface area contributed by atoms with Crippen LogP contribution in [0.15, 0.2) is 34.4 Å². The highest BCUT2D eigenvalue weighted by atomic mass is 32.2. The highest BCUT2D eigenvalue weighted by molar-refractivity contribution is 8.03. The zero-order valence-electron chi connectivity index (χ0n) is 11.5. The van der Waals surface area contributed by atoms with Crippen molar-refractivity contribution < 1.29 is 19.5 Å². The predicted octanol–water partition coefficient (Wildman–Crippen LogP) is 1.83. The van der Waals surface area contributed by atoms with Crippen molar-refractivity contribution in [3.63, 3.8) is 0 Å². The molecule has 1 amide bonds. The van der Waals surface area contributed by atoms with Gasteiger partial charge in [-0.1, -0.05) is 6.07 Å². The quantitative estimate of drug-likeness (QED) is 0.832. The van der Waals surface area contributed by atoms with E-state index in [1.165, 1.54) is 0 Å². The second-order valence-electron chi connectivity index (χ2n) is 4.63. The third kappa shape index (κ3) is 3.07. The summed E-state index contributed by atoms with van der Waals surface area (Å²) in [5, 5.41) is 11.9. The summed E-state index contributed by atoms with van der Waals surface area (Å²) in [6.45, 7) is 3.83. The Morgan fingerprint density at radius 1 is 1.29 bits per heavy atom. The van der Waals surface area contributed by atoms with Gasteiger partial charge in [0.15, 0.2) is 0 Å². The Hall–Kier alpha value is -2.30. The lowest BCUT2D eigenvalue weighted by Gasteiger charge is -2.08. The topological polar surface area (TPSA) is 83.5 Å². The number of hydrogen-bond donors (Lipinski definition) is 2. The molecule has 108 valence electrons. The van der Waals surface area contributed by atoms with Gasteiger partial charge in [0, 0.05) is 11.3 Å². The third-order valence-corrected chi connectivity index (χ3v) is 4.25. The van der Waals surface area contributed by atoms with Gasteiger partial charge in [-0.05, 0) is 37.1 Å². The summed E-state index contributed by atoms with van der Waals surface area (Å²) in [5.41, 5.74) is 2.37. The van der Waals surface area contributed by atoms with E-state index in [0.717, 1.165) is 22.9 Å². The molecular weight excluding hydrogens is 290 g/mol. The molecule has 1 aromatic rings. The third-order valence-electron chi connectivity index (χ3n) is 3.22. The number of thioether (sulfide) groups is 1. The van der Waals surface area contributed by atoms with Crippen molar-refractivity contribution in [3.8, 4) is 0 Å². The first-order valence-electron chi connectivity index (χ1n) is 6.17. The summed E-state index contributed by atoms with van der Waals surface area (Å²) in [6, 6.07) is 5.24. The SMILES string of the molecule is Cc1ccc(C(=O)NC2=C(C(=O)O)C(=C=O)CS2)cc1C. The fourth-order valence-electron chi connectivity index (χ4n) is 1.89. The highest BCUT2D eigenvalue weighted by Gasteiger charge is 2.28. The molecule has 0 spiro atoms. The van der Waals surface area contributed by atoms with E-state index < -0.39 is 11.9 Å². The van der Waals surface area contributed by atoms with Crippen LogP contribution < -0.4 is 5.32 Å². The molecule has 1 aliphatic rings. The Kier molecular flexibility index (Phi) is 4.31. The lowest BCUT2D eigenvalue weighted by atomic mass is 10.1. The van der Waals surface area contributed by atoms with Crippen LogP contribution in [0.3, 0.4) is 0 Å². The first-order valence-corrected chi connectivity index (χ1v) is 7.16. The summed E-state index contributed by atoms with van der Waals surface area (Å²) in [5.74, 6) is 0.174. The van der Waals surface area contributed by atoms with Crippen molar-refractivity contribution in [2.45, 2.75) is 13.8 Å². The molecule has 0 fully saturated rings. The number of aryl methyl sites for hydroxylation is 2. The average Bonchev–Trinajstić information content (AvgIpc) is 2.84. The molecule has 0 aromatic heterocycles. The maximum absolute atomic E-state index is 12.2. The molecule has 0 atom stereocenters. The molecule has 0 aliphatic carbocycles. The summed E-state index contributed by atoms with van der Waals surface area (Å²) in [6.07, 6.45) is 0. The van der Waals surface area contributed by atoms with Crippen molar-refractivity contribution in [3.05, 3.63) is 51.1 Å². The van der Waals surface area contributed by atoms with Gasteiger partial charge in [-0.15, -0.1) is 11.8 Å². The second-order valence-corrected chi connectivity index (χ2v) is 5.62. The minimum Gasteiger partial charge on any atom is -0.478 e. The fraction of sp³-hybridized carbons (Fsp3) is 0.200. The molecule has 2 N–H and O–H groups in total. The van der Waals surface area contributed by atoms with Gasteiger partial charge in [-0.2, -0.15) is 0 Å². The number of carbonyl (C=O) groups excluding carboxylic acids is 2. The second kappa shape index (κ2) is 5.99. The standard InChI is InChI=1S/C15H13NO4S/c1-8-3-4-10(5-9(8)2)13(18)16-14-12(15(19)20)11(6-17)7-21-14/h3-5H,7H2,1-2H3,(H,16,18)(H,19,20). The lowest BCUT2D eigenvalue weighted by Crippen LogP contribution is -2.23. The average molecular weight is 303 g/mol. The van der Waals surface area contributed by atoms with Crippen LogP contribution in [0.1, 0.15) is 21.5 Å². The van der Waals surface area contributed by atoms with Crippen LogP contribution in [0.4, 0.5) is 0 Å². The van der Waals surface area contributed by atoms with Crippen molar-refractivity contribution in [1.82, 2.24) is 5.32 Å². The van der Waals surface area contributed by atoms with Gasteiger partial charge in [0.25, 0.3) is 5.91 Å². The van der Waals surface area contributed by atoms with Crippen LogP contribution in [0.5, 0.6) is 0 Å². The van der Waals surface area contributed by atoms with E-state index in [1.807, 2.05) is 19.9 Å². The Morgan fingerprint density at radius 3 is 2.57 bits per heavy atom. The van der Waals surface area contributed by atoms with E-state index in [-0.39, 0.29) is 21.9 Å². The smallest absolute Gasteiger partial charge is 0.339 e. The minimum absolute atomic E-state index is 0.0582. The maximum Gasteiger partial charge on any atom is 0.339 e. The van der Waals surface area contributed by atoms with Crippen LogP contribution in [0, 0.1) is 13.8 Å². The number of benzene rings is 1. The molecule has 0 saturated heterocycles. The molecule has 1 aliphatic heterocycles. The molecule has 5 nitrogen and oxygen atoms in total. The highest BCUT2D eigenvalue weighted by Crippen LogP contribution is 2.32. The predicted molar refractivity (Wildman–Crippen MR) is 79.7 cm³/mol. The molecule has 6 heteroatoms. The molecular formula is C15H13NO4S. The van der Waals surface area contributed by atoms with Gasteiger partial charge in [0.1, 0.15) is 11.5 Å². The zero-order valence-corrected chi connectivity index (χ0v) is 12.3. The largest absolute Gasteiger partial charge is 0.478 e. The number of hydrogen-bond acceptors (Lipinski definition) is 4. The normalized spacial score (nSPS) is 14.1. The van der Waals surface area contributed by atoms with Crippen molar-refractivity contribution in [2.75, 3.05) is 5.75 Å². The zero-order chi connectivity index (χ0) is 15.6. The van der Waals surface area contributed by atoms with E-state index in [9.17, 15) is 14.4 Å². The summed E-state index contributed by atoms with van der Waals surface area (Å²) in [4.78, 5) is 34.1. The van der Waals surface area contributed by atoms with Crippen LogP contribution in [0.2, 0.25) is 0 Å². The van der Waals surface area contributed by atoms with Gasteiger partial charge in [0.2, 0.25) is 0 Å². The van der Waals surface area contributed by atoms with Gasteiger partial charge in [-0.25, -0.2) is 9.59 Å². The number of carboxylic acids is 1. The van der Waals surface area contributed by atoms with Gasteiger partial charge in [-0.3, -0.25) is 4.79 Å². The molecule has 1 aromatic carbocycles. The Balaban J connectivity index is 2.30. The van der Waals surface area contributed by atoms with Gasteiger partial charge in [0.05, 0.1) is 10.6 Å². The Morgan fingerprint density at radius 2 is 2.00 bits per heavy atom. The first-order chi connectivity index (χ1) is 9.93. The number of amides is 1. The number of aliphatic carboxylic acids is 1. The van der Waals surface area contributed by atoms with Crippen LogP contribution in [0.25, 0.3) is 0 Å². The fourth-order valence-corrected chi connectivity index (χ4v) is 2.90. The minimum atomic E-state index is -1.24. The summed E-state index contributed by atoms with van der Waals surface area (Å²) in [7, 11) is 0. The van der Waals surface area contributed by atoms with E-state index >= 15 is 0 Å². The summed E-state index contributed by atoms with van der Waals surface area (Å²) < 4.78 is 0. The Labute approximate surface area is 125 Å². The number of rotatable bonds is 3. The van der Waals surface area contributed by atoms with Crippen LogP contribution in [-0.4, -0.2) is 28.7 Å². The van der Waals surface area contributed by atoms with Crippen molar-refractivity contribution in [1.29, 1.82) is 0 Å². The number of carbonyl (C=O) groups is 2. The molecule has 0 saturated carbocycles. The molecule has 0 bridgehead atoms. The molecule has 21 heavy (non-hydrogen) atoms. The molecule has 2 rings (SSSR count). The lowest BCUT2D eigenvalue weighted by molar-refractivity contribution is -0.132. The van der Waals surface area contributed by atoms with E-state index in [0.29, 0.717) is 5.56 Å². The van der Waals surface area contributed by atoms with E-state index in [1.54, 1.807) is 18.1 Å².